The first kappa shape index (κ1) is 15.7. The van der Waals surface area contributed by atoms with Crippen LogP contribution in [0, 0.1) is 6.92 Å². The monoisotopic (exact) mass is 310 g/mol. The molecule has 114 valence electrons. The Balaban J connectivity index is 2.01. The number of hydrogen-bond acceptors (Lipinski definition) is 5. The molecule has 0 amide bonds. The molecule has 21 heavy (non-hydrogen) atoms. The maximum atomic E-state index is 6.20. The molecule has 0 aliphatic rings. The van der Waals surface area contributed by atoms with E-state index in [4.69, 9.17) is 25.6 Å². The Bertz CT molecular complexity index is 572. The highest BCUT2D eigenvalue weighted by Gasteiger charge is 2.10. The van der Waals surface area contributed by atoms with Gasteiger partial charge in [0, 0.05) is 18.7 Å². The van der Waals surface area contributed by atoms with Crippen molar-refractivity contribution >= 4 is 17.3 Å². The number of ether oxygens (including phenoxy) is 2. The van der Waals surface area contributed by atoms with Crippen LogP contribution < -0.4 is 10.1 Å². The fraction of sp³-hybridized carbons (Fsp3) is 0.400. The third kappa shape index (κ3) is 4.37. The van der Waals surface area contributed by atoms with Gasteiger partial charge in [-0.1, -0.05) is 22.8 Å². The van der Waals surface area contributed by atoms with Gasteiger partial charge < -0.3 is 19.3 Å². The minimum absolute atomic E-state index is 0.457. The Labute approximate surface area is 129 Å². The molecule has 0 saturated heterocycles. The molecule has 1 aromatic heterocycles. The van der Waals surface area contributed by atoms with Crippen LogP contribution in [0.15, 0.2) is 28.9 Å². The lowest BCUT2D eigenvalue weighted by molar-refractivity contribution is 0.110. The topological polar surface area (TPSA) is 56.5 Å². The second-order valence-electron chi connectivity index (χ2n) is 4.42. The molecule has 0 bridgehead atoms. The van der Waals surface area contributed by atoms with Gasteiger partial charge in [0.1, 0.15) is 12.4 Å². The second kappa shape index (κ2) is 7.90. The number of aryl methyl sites for hydroxylation is 1. The first-order valence-electron chi connectivity index (χ1n) is 6.85. The second-order valence-corrected chi connectivity index (χ2v) is 4.83. The van der Waals surface area contributed by atoms with Crippen molar-refractivity contribution in [1.29, 1.82) is 0 Å². The van der Waals surface area contributed by atoms with Gasteiger partial charge in [0.2, 0.25) is 0 Å². The average molecular weight is 311 g/mol. The smallest absolute Gasteiger partial charge is 0.161 e. The van der Waals surface area contributed by atoms with Crippen molar-refractivity contribution in [3.05, 3.63) is 40.7 Å². The van der Waals surface area contributed by atoms with E-state index in [0.29, 0.717) is 37.1 Å². The molecule has 0 spiro atoms. The zero-order valence-electron chi connectivity index (χ0n) is 12.2. The van der Waals surface area contributed by atoms with Crippen molar-refractivity contribution in [3.8, 4) is 5.75 Å². The third-order valence-electron chi connectivity index (χ3n) is 2.96. The quantitative estimate of drug-likeness (QED) is 0.754. The van der Waals surface area contributed by atoms with E-state index in [1.807, 2.05) is 26.0 Å². The molecule has 6 heteroatoms. The molecule has 0 aliphatic carbocycles. The minimum Gasteiger partial charge on any atom is -0.487 e. The molecule has 0 unspecified atom stereocenters. The number of rotatable bonds is 8. The van der Waals surface area contributed by atoms with Crippen molar-refractivity contribution in [2.75, 3.05) is 25.1 Å². The molecule has 1 heterocycles. The summed E-state index contributed by atoms with van der Waals surface area (Å²) in [4.78, 5) is 0. The SMILES string of the molecule is CCOCCOc1c(Cl)cccc1NCc1cnoc1C. The highest BCUT2D eigenvalue weighted by molar-refractivity contribution is 6.32. The van der Waals surface area contributed by atoms with Crippen molar-refractivity contribution in [3.63, 3.8) is 0 Å². The Morgan fingerprint density at radius 3 is 2.90 bits per heavy atom. The molecule has 1 aromatic carbocycles. The van der Waals surface area contributed by atoms with Crippen LogP contribution in [0.4, 0.5) is 5.69 Å². The maximum absolute atomic E-state index is 6.20. The number of anilines is 1. The van der Waals surface area contributed by atoms with Gasteiger partial charge in [-0.2, -0.15) is 0 Å². The molecule has 5 nitrogen and oxygen atoms in total. The molecule has 2 aromatic rings. The molecule has 1 N–H and O–H groups in total. The lowest BCUT2D eigenvalue weighted by Gasteiger charge is -2.14. The molecule has 2 rings (SSSR count). The highest BCUT2D eigenvalue weighted by Crippen LogP contribution is 2.33. The fourth-order valence-electron chi connectivity index (χ4n) is 1.82. The van der Waals surface area contributed by atoms with Crippen LogP contribution in [0.3, 0.4) is 0 Å². The fourth-order valence-corrected chi connectivity index (χ4v) is 2.05. The summed E-state index contributed by atoms with van der Waals surface area (Å²) in [5.41, 5.74) is 1.83. The van der Waals surface area contributed by atoms with E-state index in [1.165, 1.54) is 0 Å². The highest BCUT2D eigenvalue weighted by atomic mass is 35.5. The van der Waals surface area contributed by atoms with E-state index < -0.39 is 0 Å². The molecule has 0 aliphatic heterocycles. The van der Waals surface area contributed by atoms with Crippen molar-refractivity contribution in [2.24, 2.45) is 0 Å². The number of nitrogens with one attached hydrogen (secondary N) is 1. The van der Waals surface area contributed by atoms with Gasteiger partial charge in [0.15, 0.2) is 5.75 Å². The Hall–Kier alpha value is -1.72. The van der Waals surface area contributed by atoms with Crippen LogP contribution in [0.5, 0.6) is 5.75 Å². The Morgan fingerprint density at radius 1 is 1.33 bits per heavy atom. The number of benzene rings is 1. The summed E-state index contributed by atoms with van der Waals surface area (Å²) in [6.07, 6.45) is 1.70. The van der Waals surface area contributed by atoms with Crippen LogP contribution in [0.1, 0.15) is 18.2 Å². The number of hydrogen-bond donors (Lipinski definition) is 1. The van der Waals surface area contributed by atoms with E-state index in [2.05, 4.69) is 10.5 Å². The summed E-state index contributed by atoms with van der Waals surface area (Å²) in [5, 5.41) is 7.61. The summed E-state index contributed by atoms with van der Waals surface area (Å²) in [7, 11) is 0. The summed E-state index contributed by atoms with van der Waals surface area (Å²) in [6, 6.07) is 5.60. The first-order chi connectivity index (χ1) is 10.2. The normalized spacial score (nSPS) is 10.6. The third-order valence-corrected chi connectivity index (χ3v) is 3.26. The zero-order valence-corrected chi connectivity index (χ0v) is 12.9. The molecular weight excluding hydrogens is 292 g/mol. The van der Waals surface area contributed by atoms with Gasteiger partial charge in [0.05, 0.1) is 23.5 Å². The van der Waals surface area contributed by atoms with Gasteiger partial charge >= 0.3 is 0 Å². The van der Waals surface area contributed by atoms with Gasteiger partial charge in [0.25, 0.3) is 0 Å². The van der Waals surface area contributed by atoms with Crippen molar-refractivity contribution < 1.29 is 14.0 Å². The summed E-state index contributed by atoms with van der Waals surface area (Å²) < 4.78 is 16.0. The number of aromatic nitrogens is 1. The molecule has 0 atom stereocenters. The van der Waals surface area contributed by atoms with Crippen LogP contribution in [0.25, 0.3) is 0 Å². The summed E-state index contributed by atoms with van der Waals surface area (Å²) in [5.74, 6) is 1.43. The van der Waals surface area contributed by atoms with Gasteiger partial charge in [-0.05, 0) is 26.0 Å². The van der Waals surface area contributed by atoms with E-state index in [0.717, 1.165) is 17.0 Å². The minimum atomic E-state index is 0.457. The van der Waals surface area contributed by atoms with Gasteiger partial charge in [-0.15, -0.1) is 0 Å². The number of nitrogens with zero attached hydrogens (tertiary/aromatic N) is 1. The standard InChI is InChI=1S/C15H19ClN2O3/c1-3-19-7-8-20-15-13(16)5-4-6-14(15)17-9-12-10-18-21-11(12)2/h4-6,10,17H,3,7-9H2,1-2H3. The van der Waals surface area contributed by atoms with Crippen LogP contribution in [-0.2, 0) is 11.3 Å². The van der Waals surface area contributed by atoms with Crippen molar-refractivity contribution in [2.45, 2.75) is 20.4 Å². The lowest BCUT2D eigenvalue weighted by Crippen LogP contribution is -2.09. The molecule has 0 fully saturated rings. The van der Waals surface area contributed by atoms with Gasteiger partial charge in [-0.3, -0.25) is 0 Å². The summed E-state index contributed by atoms with van der Waals surface area (Å²) in [6.45, 7) is 6.08. The maximum Gasteiger partial charge on any atom is 0.161 e. The molecular formula is C15H19ClN2O3. The van der Waals surface area contributed by atoms with Crippen molar-refractivity contribution in [1.82, 2.24) is 5.16 Å². The van der Waals surface area contributed by atoms with E-state index in [9.17, 15) is 0 Å². The van der Waals surface area contributed by atoms with Crippen LogP contribution >= 0.6 is 11.6 Å². The lowest BCUT2D eigenvalue weighted by atomic mass is 10.2. The van der Waals surface area contributed by atoms with Gasteiger partial charge in [-0.25, -0.2) is 0 Å². The molecule has 0 radical (unpaired) electrons. The number of halogens is 1. The summed E-state index contributed by atoms with van der Waals surface area (Å²) >= 11 is 6.20. The van der Waals surface area contributed by atoms with Crippen LogP contribution in [-0.4, -0.2) is 25.0 Å². The Morgan fingerprint density at radius 2 is 2.19 bits per heavy atom. The van der Waals surface area contributed by atoms with E-state index >= 15 is 0 Å². The number of para-hydroxylation sites is 1. The predicted octanol–water partition coefficient (Wildman–Crippen LogP) is 3.66. The largest absolute Gasteiger partial charge is 0.487 e. The van der Waals surface area contributed by atoms with E-state index in [1.54, 1.807) is 12.3 Å². The molecule has 0 saturated carbocycles. The predicted molar refractivity (Wildman–Crippen MR) is 82.0 cm³/mol. The van der Waals surface area contributed by atoms with E-state index in [-0.39, 0.29) is 0 Å². The Kier molecular flexibility index (Phi) is 5.90. The van der Waals surface area contributed by atoms with Crippen LogP contribution in [0.2, 0.25) is 5.02 Å². The first-order valence-corrected chi connectivity index (χ1v) is 7.23. The zero-order chi connectivity index (χ0) is 15.1. The average Bonchev–Trinajstić information content (AvgIpc) is 2.88.